The molecule has 0 aliphatic rings. The van der Waals surface area contributed by atoms with Gasteiger partial charge in [0, 0.05) is 24.2 Å². The summed E-state index contributed by atoms with van der Waals surface area (Å²) in [4.78, 5) is 22.9. The van der Waals surface area contributed by atoms with Gasteiger partial charge in [0.05, 0.1) is 22.3 Å². The molecule has 37 heavy (non-hydrogen) atoms. The first-order valence-electron chi connectivity index (χ1n) is 11.2. The Morgan fingerprint density at radius 2 is 1.89 bits per heavy atom. The molecule has 0 saturated carbocycles. The van der Waals surface area contributed by atoms with Crippen molar-refractivity contribution in [3.8, 4) is 5.82 Å². The highest BCUT2D eigenvalue weighted by molar-refractivity contribution is 6.39. The highest BCUT2D eigenvalue weighted by atomic mass is 35.5. The minimum absolute atomic E-state index is 0.0179. The van der Waals surface area contributed by atoms with Crippen LogP contribution in [0.4, 0.5) is 18.9 Å². The van der Waals surface area contributed by atoms with Crippen LogP contribution < -0.4 is 10.8 Å². The van der Waals surface area contributed by atoms with Crippen LogP contribution in [-0.2, 0) is 17.6 Å². The molecule has 2 N–H and O–H groups in total. The largest absolute Gasteiger partial charge is 0.435 e. The van der Waals surface area contributed by atoms with Crippen molar-refractivity contribution < 1.29 is 22.8 Å². The lowest BCUT2D eigenvalue weighted by molar-refractivity contribution is -0.141. The number of nitrogens with one attached hydrogen (secondary N) is 2. The van der Waals surface area contributed by atoms with Gasteiger partial charge in [-0.3, -0.25) is 4.79 Å². The number of amides is 1. The van der Waals surface area contributed by atoms with Gasteiger partial charge in [-0.15, -0.1) is 0 Å². The maximum absolute atomic E-state index is 13.5. The number of rotatable bonds is 8. The topological polar surface area (TPSA) is 81.1 Å². The molecule has 2 heterocycles. The van der Waals surface area contributed by atoms with Crippen molar-refractivity contribution in [2.45, 2.75) is 26.6 Å². The third kappa shape index (κ3) is 6.04. The third-order valence-electron chi connectivity index (χ3n) is 5.26. The molecule has 194 valence electrons. The lowest BCUT2D eigenvalue weighted by atomic mass is 10.0. The fourth-order valence-electron chi connectivity index (χ4n) is 3.54. The van der Waals surface area contributed by atoms with Gasteiger partial charge >= 0.3 is 6.18 Å². The lowest BCUT2D eigenvalue weighted by Gasteiger charge is -2.17. The van der Waals surface area contributed by atoms with Crippen LogP contribution >= 0.6 is 23.2 Å². The van der Waals surface area contributed by atoms with Crippen molar-refractivity contribution in [1.82, 2.24) is 20.2 Å². The van der Waals surface area contributed by atoms with Crippen LogP contribution in [0, 0.1) is 5.92 Å². The van der Waals surface area contributed by atoms with Crippen LogP contribution in [0.2, 0.25) is 10.0 Å². The van der Waals surface area contributed by atoms with Crippen LogP contribution in [-0.4, -0.2) is 27.3 Å². The van der Waals surface area contributed by atoms with Crippen molar-refractivity contribution in [3.63, 3.8) is 0 Å². The number of carbonyl (C=O) groups excluding carboxylic acids is 1. The fraction of sp³-hybridized carbons (Fsp3) is 0.240. The second-order valence-electron chi connectivity index (χ2n) is 8.56. The average Bonchev–Trinajstić information content (AvgIpc) is 3.30. The van der Waals surface area contributed by atoms with Gasteiger partial charge < -0.3 is 10.2 Å². The average molecular weight is 552 g/mol. The van der Waals surface area contributed by atoms with Gasteiger partial charge in [-0.25, -0.2) is 9.67 Å². The zero-order valence-electron chi connectivity index (χ0n) is 19.7. The number of hydroxylamine groups is 1. The maximum Gasteiger partial charge on any atom is 0.435 e. The molecule has 0 aliphatic heterocycles. The minimum atomic E-state index is -4.80. The van der Waals surface area contributed by atoms with E-state index in [1.807, 2.05) is 32.0 Å². The number of benzene rings is 2. The number of fused-ring (bicyclic) bond motifs is 1. The number of halogens is 5. The predicted molar refractivity (Wildman–Crippen MR) is 136 cm³/mol. The summed E-state index contributed by atoms with van der Waals surface area (Å²) < 4.78 is 41.3. The molecule has 0 radical (unpaired) electrons. The highest BCUT2D eigenvalue weighted by Crippen LogP contribution is 2.36. The van der Waals surface area contributed by atoms with Crippen LogP contribution in [0.15, 0.2) is 54.7 Å². The summed E-state index contributed by atoms with van der Waals surface area (Å²) in [5.41, 5.74) is 1.94. The predicted octanol–water partition coefficient (Wildman–Crippen LogP) is 6.68. The van der Waals surface area contributed by atoms with Gasteiger partial charge in [-0.05, 0) is 35.1 Å². The Morgan fingerprint density at radius 3 is 2.59 bits per heavy atom. The Balaban J connectivity index is 1.76. The van der Waals surface area contributed by atoms with Gasteiger partial charge in [0.2, 0.25) is 0 Å². The Bertz CT molecular complexity index is 1440. The third-order valence-corrected chi connectivity index (χ3v) is 5.95. The molecule has 0 aliphatic carbocycles. The summed E-state index contributed by atoms with van der Waals surface area (Å²) >= 11 is 12.8. The Labute approximate surface area is 220 Å². The van der Waals surface area contributed by atoms with Gasteiger partial charge in [0.1, 0.15) is 5.69 Å². The molecule has 4 rings (SSSR count). The molecule has 4 aromatic rings. The molecule has 0 spiro atoms. The molecule has 0 fully saturated rings. The van der Waals surface area contributed by atoms with Crippen LogP contribution in [0.5, 0.6) is 0 Å². The van der Waals surface area contributed by atoms with E-state index in [0.717, 1.165) is 10.1 Å². The van der Waals surface area contributed by atoms with E-state index in [1.165, 1.54) is 18.3 Å². The summed E-state index contributed by atoms with van der Waals surface area (Å²) in [6.45, 7) is 4.61. The molecule has 2 aromatic heterocycles. The van der Waals surface area contributed by atoms with Crippen LogP contribution in [0.3, 0.4) is 0 Å². The zero-order valence-corrected chi connectivity index (χ0v) is 21.2. The van der Waals surface area contributed by atoms with Crippen LogP contribution in [0.1, 0.15) is 35.6 Å². The van der Waals surface area contributed by atoms with Crippen molar-refractivity contribution in [3.05, 3.63) is 81.7 Å². The molecule has 7 nitrogen and oxygen atoms in total. The molecule has 2 aromatic carbocycles. The van der Waals surface area contributed by atoms with E-state index in [9.17, 15) is 18.0 Å². The maximum atomic E-state index is 13.5. The van der Waals surface area contributed by atoms with Crippen LogP contribution in [0.25, 0.3) is 16.6 Å². The molecule has 0 atom stereocenters. The van der Waals surface area contributed by atoms with E-state index in [-0.39, 0.29) is 34.0 Å². The van der Waals surface area contributed by atoms with Crippen molar-refractivity contribution in [2.75, 3.05) is 11.9 Å². The van der Waals surface area contributed by atoms with Gasteiger partial charge in [-0.2, -0.15) is 23.8 Å². The second kappa shape index (κ2) is 11.1. The number of aromatic nitrogens is 3. The minimum Gasteiger partial charge on any atom is -0.319 e. The van der Waals surface area contributed by atoms with Crippen molar-refractivity contribution >= 4 is 45.6 Å². The number of hydrogen-bond acceptors (Lipinski definition) is 5. The number of anilines is 1. The normalized spacial score (nSPS) is 11.9. The SMILES string of the molecule is CC(C)CONCc1cc2ccccc2c(Cl)c1NC(=O)c1cc(C(F)(F)F)nn1-c1ncccc1Cl. The first-order valence-corrected chi connectivity index (χ1v) is 12.0. The molecule has 12 heteroatoms. The summed E-state index contributed by atoms with van der Waals surface area (Å²) in [6.07, 6.45) is -3.47. The summed E-state index contributed by atoms with van der Waals surface area (Å²) in [7, 11) is 0. The first-order chi connectivity index (χ1) is 17.6. The lowest BCUT2D eigenvalue weighted by Crippen LogP contribution is -2.21. The van der Waals surface area contributed by atoms with E-state index in [0.29, 0.717) is 23.6 Å². The van der Waals surface area contributed by atoms with E-state index in [2.05, 4.69) is 20.9 Å². The number of alkyl halides is 3. The molecular weight excluding hydrogens is 530 g/mol. The van der Waals surface area contributed by atoms with Gasteiger partial charge in [0.25, 0.3) is 5.91 Å². The van der Waals surface area contributed by atoms with Gasteiger partial charge in [0.15, 0.2) is 11.5 Å². The summed E-state index contributed by atoms with van der Waals surface area (Å²) in [6, 6.07) is 12.7. The Morgan fingerprint density at radius 1 is 1.14 bits per heavy atom. The monoisotopic (exact) mass is 551 g/mol. The quantitative estimate of drug-likeness (QED) is 0.188. The standard InChI is InChI=1S/C25H22Cl2F3N5O2/c1-14(2)13-37-32-12-16-10-15-6-3-4-7-17(15)21(27)22(16)33-24(36)19-11-20(25(28,29)30)34-35(19)23-18(26)8-5-9-31-23/h3-11,14,32H,12-13H2,1-2H3,(H,33,36). The van der Waals surface area contributed by atoms with E-state index in [1.54, 1.807) is 12.1 Å². The molecule has 0 unspecified atom stereocenters. The second-order valence-corrected chi connectivity index (χ2v) is 9.34. The molecule has 0 bridgehead atoms. The zero-order chi connectivity index (χ0) is 26.7. The number of carbonyl (C=O) groups is 1. The first kappa shape index (κ1) is 26.9. The highest BCUT2D eigenvalue weighted by Gasteiger charge is 2.36. The van der Waals surface area contributed by atoms with E-state index in [4.69, 9.17) is 28.0 Å². The van der Waals surface area contributed by atoms with Gasteiger partial charge in [-0.1, -0.05) is 61.3 Å². The summed E-state index contributed by atoms with van der Waals surface area (Å²) in [5, 5.41) is 7.95. The number of hydrogen-bond donors (Lipinski definition) is 2. The fourth-order valence-corrected chi connectivity index (χ4v) is 4.08. The van der Waals surface area contributed by atoms with Crippen molar-refractivity contribution in [1.29, 1.82) is 0 Å². The smallest absolute Gasteiger partial charge is 0.319 e. The van der Waals surface area contributed by atoms with E-state index >= 15 is 0 Å². The molecular formula is C25H22Cl2F3N5O2. The Hall–Kier alpha value is -3.18. The molecule has 0 saturated heterocycles. The number of nitrogens with zero attached hydrogens (tertiary/aromatic N) is 3. The number of pyridine rings is 1. The van der Waals surface area contributed by atoms with E-state index < -0.39 is 23.5 Å². The Kier molecular flexibility index (Phi) is 8.03. The molecule has 1 amide bonds. The van der Waals surface area contributed by atoms with Crippen molar-refractivity contribution in [2.24, 2.45) is 5.92 Å². The summed E-state index contributed by atoms with van der Waals surface area (Å²) in [5.74, 6) is -0.724.